The second-order valence-electron chi connectivity index (χ2n) is 16.2. The third kappa shape index (κ3) is 14.1. The molecule has 1 fully saturated rings. The number of hydrogen-bond acceptors (Lipinski definition) is 12. The zero-order valence-electron chi connectivity index (χ0n) is 37.1. The summed E-state index contributed by atoms with van der Waals surface area (Å²) in [6.45, 7) is 6.37. The Morgan fingerprint density at radius 2 is 1.55 bits per heavy atom. The van der Waals surface area contributed by atoms with Gasteiger partial charge >= 0.3 is 6.09 Å². The summed E-state index contributed by atoms with van der Waals surface area (Å²) in [7, 11) is -2.29. The number of fused-ring (bicyclic) bond motifs is 3. The third-order valence-electron chi connectivity index (χ3n) is 10.6. The van der Waals surface area contributed by atoms with Gasteiger partial charge in [-0.15, -0.1) is 0 Å². The normalized spacial score (nSPS) is 15.3. The van der Waals surface area contributed by atoms with Crippen molar-refractivity contribution < 1.29 is 47.1 Å². The molecule has 1 aromatic heterocycles. The number of aliphatic hydroxyl groups excluding tert-OH is 2. The van der Waals surface area contributed by atoms with E-state index in [1.165, 1.54) is 28.6 Å². The van der Waals surface area contributed by atoms with Crippen LogP contribution in [0.5, 0.6) is 17.2 Å². The molecule has 1 aliphatic heterocycles. The number of aromatic nitrogens is 1. The molecule has 5 aromatic carbocycles. The first kappa shape index (κ1) is 48.6. The molecule has 0 radical (unpaired) electrons. The van der Waals surface area contributed by atoms with E-state index in [1.807, 2.05) is 105 Å². The highest BCUT2D eigenvalue weighted by atomic mass is 32.2. The van der Waals surface area contributed by atoms with Crippen LogP contribution in [0, 0.1) is 5.92 Å². The Kier molecular flexibility index (Phi) is 17.8. The maximum Gasteiger partial charge on any atom is 0.407 e. The Hall–Kier alpha value is -5.88. The molecule has 0 bridgehead atoms. The molecule has 1 unspecified atom stereocenters. The number of ether oxygens (including phenoxy) is 5. The number of amides is 1. The predicted molar refractivity (Wildman–Crippen MR) is 252 cm³/mol. The Morgan fingerprint density at radius 3 is 2.28 bits per heavy atom. The van der Waals surface area contributed by atoms with Gasteiger partial charge in [-0.1, -0.05) is 80.6 Å². The number of methoxy groups -OCH3 is 1. The zero-order valence-corrected chi connectivity index (χ0v) is 37.9. The third-order valence-corrected chi connectivity index (χ3v) is 12.5. The molecule has 1 aliphatic rings. The van der Waals surface area contributed by atoms with Crippen molar-refractivity contribution in [3.63, 3.8) is 0 Å². The van der Waals surface area contributed by atoms with E-state index in [4.69, 9.17) is 29.4 Å². The van der Waals surface area contributed by atoms with E-state index in [1.54, 1.807) is 7.11 Å². The number of nitrogens with one attached hydrogen (secondary N) is 3. The first-order valence-electron chi connectivity index (χ1n) is 21.8. The number of para-hydroxylation sites is 3. The lowest BCUT2D eigenvalue weighted by Crippen LogP contribution is -2.51. The number of nitrogens with two attached hydrogens (primary N) is 1. The smallest absolute Gasteiger partial charge is 0.407 e. The standard InChI is InChI=1S/C25H35N3O6S.C24H26N2O4/c1-18(2)15-28(35(31,32)22-10-8-20(26)9-11-22)16-24(29)23(14-19-6-4-3-5-7-19)27-25(30)34-21-12-13-33-17-21;1-28-21-10-4-5-11-22(21)29-14-13-25-15-17(27)16-30-23-12-6-9-20-24(23)18-7-2-3-8-19(18)26-20/h3-11,18,21,23-24,29H,12-17,26H2,1-2H3,(H,27,30);2-12,17,25-27H,13-16H2,1H3/t21-,23-,24+;/m0./s1. The molecule has 7 N–H and O–H groups in total. The fourth-order valence-corrected chi connectivity index (χ4v) is 8.99. The summed E-state index contributed by atoms with van der Waals surface area (Å²) in [5.41, 5.74) is 9.15. The van der Waals surface area contributed by atoms with Crippen LogP contribution in [0.25, 0.3) is 21.8 Å². The number of rotatable bonds is 21. The minimum atomic E-state index is -3.90. The molecule has 6 aromatic rings. The van der Waals surface area contributed by atoms with Crippen LogP contribution in [-0.4, -0.2) is 118 Å². The van der Waals surface area contributed by atoms with Crippen LogP contribution < -0.4 is 30.6 Å². The second-order valence-corrected chi connectivity index (χ2v) is 18.1. The van der Waals surface area contributed by atoms with Crippen molar-refractivity contribution in [2.24, 2.45) is 5.92 Å². The van der Waals surface area contributed by atoms with Gasteiger partial charge in [0.05, 0.1) is 42.9 Å². The van der Waals surface area contributed by atoms with Crippen molar-refractivity contribution >= 4 is 43.6 Å². The molecule has 65 heavy (non-hydrogen) atoms. The van der Waals surface area contributed by atoms with E-state index in [2.05, 4.69) is 21.7 Å². The van der Waals surface area contributed by atoms with E-state index >= 15 is 0 Å². The van der Waals surface area contributed by atoms with Gasteiger partial charge in [0.2, 0.25) is 10.0 Å². The first-order chi connectivity index (χ1) is 31.4. The SMILES string of the molecule is CC(C)CN(C[C@@H](O)[C@H](Cc1ccccc1)NC(=O)O[C@H]1CCOC1)S(=O)(=O)c1ccc(N)cc1.COc1ccccc1OCCNCC(O)COc1cccc2[nH]c3ccccc3c12. The molecule has 7 rings (SSSR count). The molecule has 0 spiro atoms. The number of aliphatic hydroxyl groups is 2. The molecular formula is C49H61N5O10S. The summed E-state index contributed by atoms with van der Waals surface area (Å²) in [5, 5.41) is 29.6. The lowest BCUT2D eigenvalue weighted by molar-refractivity contribution is 0.0644. The minimum absolute atomic E-state index is 0.0126. The summed E-state index contributed by atoms with van der Waals surface area (Å²) in [6, 6.07) is 36.1. The largest absolute Gasteiger partial charge is 0.493 e. The van der Waals surface area contributed by atoms with Crippen molar-refractivity contribution in [1.82, 2.24) is 19.9 Å². The molecule has 16 heteroatoms. The number of anilines is 1. The van der Waals surface area contributed by atoms with E-state index in [9.17, 15) is 23.4 Å². The fraction of sp³-hybridized carbons (Fsp3) is 0.367. The second kappa shape index (κ2) is 23.9. The summed E-state index contributed by atoms with van der Waals surface area (Å²) in [4.78, 5) is 16.1. The highest BCUT2D eigenvalue weighted by molar-refractivity contribution is 7.89. The van der Waals surface area contributed by atoms with E-state index < -0.39 is 34.4 Å². The van der Waals surface area contributed by atoms with Gasteiger partial charge in [-0.05, 0) is 72.5 Å². The summed E-state index contributed by atoms with van der Waals surface area (Å²) in [5.74, 6) is 2.19. The van der Waals surface area contributed by atoms with Gasteiger partial charge in [0.25, 0.3) is 0 Å². The highest BCUT2D eigenvalue weighted by Gasteiger charge is 2.32. The van der Waals surface area contributed by atoms with E-state index in [0.717, 1.165) is 33.1 Å². The molecule has 1 saturated heterocycles. The Labute approximate surface area is 380 Å². The molecular weight excluding hydrogens is 851 g/mol. The van der Waals surface area contributed by atoms with Gasteiger partial charge in [0.15, 0.2) is 11.5 Å². The predicted octanol–water partition coefficient (Wildman–Crippen LogP) is 6.14. The summed E-state index contributed by atoms with van der Waals surface area (Å²) >= 11 is 0. The average molecular weight is 912 g/mol. The number of benzene rings is 5. The molecule has 0 saturated carbocycles. The van der Waals surface area contributed by atoms with Crippen molar-refractivity contribution in [2.75, 3.05) is 65.5 Å². The molecule has 1 amide bonds. The molecule has 2 heterocycles. The number of H-pyrrole nitrogens is 1. The van der Waals surface area contributed by atoms with Crippen molar-refractivity contribution in [3.8, 4) is 17.2 Å². The lowest BCUT2D eigenvalue weighted by atomic mass is 10.0. The number of hydrogen-bond donors (Lipinski definition) is 6. The van der Waals surface area contributed by atoms with E-state index in [-0.39, 0.29) is 36.6 Å². The van der Waals surface area contributed by atoms with Gasteiger partial charge in [0.1, 0.15) is 31.2 Å². The van der Waals surface area contributed by atoms with Gasteiger partial charge in [-0.3, -0.25) is 0 Å². The monoisotopic (exact) mass is 911 g/mol. The van der Waals surface area contributed by atoms with Crippen molar-refractivity contribution in [1.29, 1.82) is 0 Å². The van der Waals surface area contributed by atoms with E-state index in [0.29, 0.717) is 62.9 Å². The maximum absolute atomic E-state index is 13.4. The lowest BCUT2D eigenvalue weighted by Gasteiger charge is -2.30. The minimum Gasteiger partial charge on any atom is -0.493 e. The van der Waals surface area contributed by atoms with Crippen LogP contribution in [-0.2, 0) is 25.9 Å². The Balaban J connectivity index is 0.000000218. The molecule has 15 nitrogen and oxygen atoms in total. The fourth-order valence-electron chi connectivity index (χ4n) is 7.37. The number of aromatic amines is 1. The van der Waals surface area contributed by atoms with Crippen LogP contribution in [0.4, 0.5) is 10.5 Å². The number of nitrogen functional groups attached to an aromatic ring is 1. The van der Waals surface area contributed by atoms with Crippen molar-refractivity contribution in [2.45, 2.75) is 55.9 Å². The zero-order chi connectivity index (χ0) is 46.2. The molecule has 348 valence electrons. The van der Waals surface area contributed by atoms with Gasteiger partial charge in [-0.25, -0.2) is 13.2 Å². The van der Waals surface area contributed by atoms with Crippen LogP contribution in [0.1, 0.15) is 25.8 Å². The summed E-state index contributed by atoms with van der Waals surface area (Å²) in [6.07, 6.45) is -1.91. The van der Waals surface area contributed by atoms with Gasteiger partial charge in [-0.2, -0.15) is 4.31 Å². The number of carbonyl (C=O) groups is 1. The van der Waals surface area contributed by atoms with Crippen LogP contribution in [0.3, 0.4) is 0 Å². The van der Waals surface area contributed by atoms with Crippen LogP contribution in [0.15, 0.2) is 126 Å². The molecule has 0 aliphatic carbocycles. The first-order valence-corrected chi connectivity index (χ1v) is 23.2. The average Bonchev–Trinajstić information content (AvgIpc) is 3.96. The Bertz CT molecular complexity index is 2500. The Morgan fingerprint density at radius 1 is 0.862 bits per heavy atom. The van der Waals surface area contributed by atoms with Gasteiger partial charge in [0, 0.05) is 54.6 Å². The molecule has 4 atom stereocenters. The van der Waals surface area contributed by atoms with Crippen LogP contribution in [0.2, 0.25) is 0 Å². The number of alkyl carbamates (subject to hydrolysis) is 1. The number of carbonyl (C=O) groups excluding carboxylic acids is 1. The van der Waals surface area contributed by atoms with Crippen LogP contribution >= 0.6 is 0 Å². The quantitative estimate of drug-likeness (QED) is 0.0356. The summed E-state index contributed by atoms with van der Waals surface area (Å²) < 4.78 is 55.6. The highest BCUT2D eigenvalue weighted by Crippen LogP contribution is 2.33. The van der Waals surface area contributed by atoms with Crippen molar-refractivity contribution in [3.05, 3.63) is 127 Å². The number of nitrogens with zero attached hydrogens (tertiary/aromatic N) is 1. The topological polar surface area (TPSA) is 207 Å². The number of sulfonamides is 1. The van der Waals surface area contributed by atoms with Gasteiger partial charge < -0.3 is 55.2 Å². The maximum atomic E-state index is 13.4.